The molecule has 0 unspecified atom stereocenters. The topological polar surface area (TPSA) is 12.0 Å². The molecule has 1 aromatic heterocycles. The molecule has 0 aliphatic heterocycles. The molecular weight excluding hydrogens is 202 g/mol. The fourth-order valence-electron chi connectivity index (χ4n) is 1.59. The smallest absolute Gasteiger partial charge is 0.0219 e. The van der Waals surface area contributed by atoms with Crippen molar-refractivity contribution >= 4 is 11.3 Å². The number of nitrogens with one attached hydrogen (secondary N) is 1. The lowest BCUT2D eigenvalue weighted by Crippen LogP contribution is -2.11. The van der Waals surface area contributed by atoms with E-state index in [4.69, 9.17) is 0 Å². The summed E-state index contributed by atoms with van der Waals surface area (Å²) in [7, 11) is 0. The summed E-state index contributed by atoms with van der Waals surface area (Å²) < 4.78 is 0. The van der Waals surface area contributed by atoms with Crippen LogP contribution in [0.5, 0.6) is 0 Å². The number of hydrogen-bond acceptors (Lipinski definition) is 2. The van der Waals surface area contributed by atoms with Crippen LogP contribution < -0.4 is 5.32 Å². The van der Waals surface area contributed by atoms with Crippen LogP contribution in [-0.2, 0) is 6.54 Å². The Morgan fingerprint density at radius 3 is 2.67 bits per heavy atom. The lowest BCUT2D eigenvalue weighted by atomic mass is 10.1. The van der Waals surface area contributed by atoms with Gasteiger partial charge in [-0.25, -0.2) is 0 Å². The second-order valence-corrected chi connectivity index (χ2v) is 4.20. The van der Waals surface area contributed by atoms with E-state index < -0.39 is 0 Å². The van der Waals surface area contributed by atoms with Crippen molar-refractivity contribution in [1.29, 1.82) is 0 Å². The maximum atomic E-state index is 3.37. The highest BCUT2D eigenvalue weighted by molar-refractivity contribution is 7.08. The first-order valence-corrected chi connectivity index (χ1v) is 6.17. The number of rotatable bonds is 4. The van der Waals surface area contributed by atoms with Gasteiger partial charge in [0.25, 0.3) is 0 Å². The zero-order chi connectivity index (χ0) is 10.5. The Morgan fingerprint density at radius 2 is 1.93 bits per heavy atom. The van der Waals surface area contributed by atoms with Gasteiger partial charge in [-0.15, -0.1) is 0 Å². The van der Waals surface area contributed by atoms with Gasteiger partial charge in [0.1, 0.15) is 0 Å². The van der Waals surface area contributed by atoms with E-state index in [0.29, 0.717) is 0 Å². The third-order valence-corrected chi connectivity index (χ3v) is 3.18. The molecule has 2 heteroatoms. The van der Waals surface area contributed by atoms with Crippen molar-refractivity contribution < 1.29 is 0 Å². The molecule has 1 N–H and O–H groups in total. The Labute approximate surface area is 94.8 Å². The molecule has 0 saturated heterocycles. The molecule has 15 heavy (non-hydrogen) atoms. The SMILES string of the molecule is CCNCc1cscc1-c1ccccc1. The van der Waals surface area contributed by atoms with Crippen LogP contribution in [0.3, 0.4) is 0 Å². The van der Waals surface area contributed by atoms with Crippen LogP contribution in [0.1, 0.15) is 12.5 Å². The van der Waals surface area contributed by atoms with Gasteiger partial charge in [0.2, 0.25) is 0 Å². The standard InChI is InChI=1S/C13H15NS/c1-2-14-8-12-9-15-10-13(12)11-6-4-3-5-7-11/h3-7,9-10,14H,2,8H2,1H3. The molecule has 1 heterocycles. The van der Waals surface area contributed by atoms with Crippen molar-refractivity contribution in [3.05, 3.63) is 46.7 Å². The van der Waals surface area contributed by atoms with Crippen molar-refractivity contribution in [2.24, 2.45) is 0 Å². The molecular formula is C13H15NS. The molecule has 0 atom stereocenters. The fraction of sp³-hybridized carbons (Fsp3) is 0.231. The normalized spacial score (nSPS) is 10.5. The Hall–Kier alpha value is -1.12. The van der Waals surface area contributed by atoms with Crippen molar-refractivity contribution in [3.63, 3.8) is 0 Å². The zero-order valence-corrected chi connectivity index (χ0v) is 9.68. The van der Waals surface area contributed by atoms with E-state index in [1.165, 1.54) is 16.7 Å². The molecule has 0 amide bonds. The van der Waals surface area contributed by atoms with Crippen LogP contribution >= 0.6 is 11.3 Å². The van der Waals surface area contributed by atoms with Crippen LogP contribution in [0.15, 0.2) is 41.1 Å². The van der Waals surface area contributed by atoms with Crippen molar-refractivity contribution in [1.82, 2.24) is 5.32 Å². The third-order valence-electron chi connectivity index (χ3n) is 2.39. The summed E-state index contributed by atoms with van der Waals surface area (Å²) in [6, 6.07) is 10.6. The quantitative estimate of drug-likeness (QED) is 0.826. The number of benzene rings is 1. The minimum atomic E-state index is 0.963. The van der Waals surface area contributed by atoms with E-state index in [1.54, 1.807) is 11.3 Å². The van der Waals surface area contributed by atoms with Gasteiger partial charge in [0.05, 0.1) is 0 Å². The summed E-state index contributed by atoms with van der Waals surface area (Å²) in [6.07, 6.45) is 0. The van der Waals surface area contributed by atoms with Crippen LogP contribution in [-0.4, -0.2) is 6.54 Å². The summed E-state index contributed by atoms with van der Waals surface area (Å²) in [5.41, 5.74) is 4.07. The molecule has 0 radical (unpaired) electrons. The predicted octanol–water partition coefficient (Wildman–Crippen LogP) is 3.52. The maximum Gasteiger partial charge on any atom is 0.0219 e. The van der Waals surface area contributed by atoms with E-state index in [2.05, 4.69) is 53.3 Å². The third kappa shape index (κ3) is 2.46. The molecule has 2 aromatic rings. The molecule has 1 nitrogen and oxygen atoms in total. The van der Waals surface area contributed by atoms with Gasteiger partial charge in [0, 0.05) is 6.54 Å². The van der Waals surface area contributed by atoms with E-state index >= 15 is 0 Å². The Bertz CT molecular complexity index is 405. The molecule has 0 bridgehead atoms. The molecule has 2 rings (SSSR count). The van der Waals surface area contributed by atoms with E-state index in [-0.39, 0.29) is 0 Å². The lowest BCUT2D eigenvalue weighted by Gasteiger charge is -2.04. The summed E-state index contributed by atoms with van der Waals surface area (Å²) >= 11 is 1.77. The van der Waals surface area contributed by atoms with Crippen molar-refractivity contribution in [2.75, 3.05) is 6.54 Å². The Kier molecular flexibility index (Phi) is 3.54. The fourth-order valence-corrected chi connectivity index (χ4v) is 2.46. The Balaban J connectivity index is 2.25. The number of thiophene rings is 1. The summed E-state index contributed by atoms with van der Waals surface area (Å²) in [5, 5.41) is 7.82. The van der Waals surface area contributed by atoms with E-state index in [1.807, 2.05) is 0 Å². The molecule has 78 valence electrons. The first-order chi connectivity index (χ1) is 7.42. The first kappa shape index (κ1) is 10.4. The number of hydrogen-bond donors (Lipinski definition) is 1. The molecule has 0 spiro atoms. The zero-order valence-electron chi connectivity index (χ0n) is 8.86. The van der Waals surface area contributed by atoms with Gasteiger partial charge >= 0.3 is 0 Å². The molecule has 0 saturated carbocycles. The van der Waals surface area contributed by atoms with Crippen LogP contribution in [0.4, 0.5) is 0 Å². The average Bonchev–Trinajstić information content (AvgIpc) is 2.75. The van der Waals surface area contributed by atoms with Gasteiger partial charge in [-0.1, -0.05) is 37.3 Å². The Morgan fingerprint density at radius 1 is 1.13 bits per heavy atom. The van der Waals surface area contributed by atoms with Gasteiger partial charge in [-0.2, -0.15) is 11.3 Å². The largest absolute Gasteiger partial charge is 0.313 e. The highest BCUT2D eigenvalue weighted by Crippen LogP contribution is 2.26. The minimum Gasteiger partial charge on any atom is -0.313 e. The minimum absolute atomic E-state index is 0.963. The maximum absolute atomic E-state index is 3.37. The van der Waals surface area contributed by atoms with E-state index in [0.717, 1.165) is 13.1 Å². The predicted molar refractivity (Wildman–Crippen MR) is 67.1 cm³/mol. The molecule has 1 aromatic carbocycles. The molecule has 0 aliphatic rings. The molecule has 0 fully saturated rings. The summed E-state index contributed by atoms with van der Waals surface area (Å²) in [6.45, 7) is 4.11. The van der Waals surface area contributed by atoms with Gasteiger partial charge in [-0.05, 0) is 34.0 Å². The van der Waals surface area contributed by atoms with Crippen LogP contribution in [0.2, 0.25) is 0 Å². The van der Waals surface area contributed by atoms with Crippen molar-refractivity contribution in [3.8, 4) is 11.1 Å². The molecule has 0 aliphatic carbocycles. The lowest BCUT2D eigenvalue weighted by molar-refractivity contribution is 0.729. The highest BCUT2D eigenvalue weighted by Gasteiger charge is 2.04. The second-order valence-electron chi connectivity index (χ2n) is 3.46. The average molecular weight is 217 g/mol. The van der Waals surface area contributed by atoms with Crippen molar-refractivity contribution in [2.45, 2.75) is 13.5 Å². The van der Waals surface area contributed by atoms with Gasteiger partial charge in [-0.3, -0.25) is 0 Å². The second kappa shape index (κ2) is 5.10. The summed E-state index contributed by atoms with van der Waals surface area (Å²) in [4.78, 5) is 0. The van der Waals surface area contributed by atoms with Crippen LogP contribution in [0, 0.1) is 0 Å². The van der Waals surface area contributed by atoms with Crippen LogP contribution in [0.25, 0.3) is 11.1 Å². The van der Waals surface area contributed by atoms with Gasteiger partial charge < -0.3 is 5.32 Å². The first-order valence-electron chi connectivity index (χ1n) is 5.23. The monoisotopic (exact) mass is 217 g/mol. The van der Waals surface area contributed by atoms with Gasteiger partial charge in [0.15, 0.2) is 0 Å². The summed E-state index contributed by atoms with van der Waals surface area (Å²) in [5.74, 6) is 0. The highest BCUT2D eigenvalue weighted by atomic mass is 32.1. The van der Waals surface area contributed by atoms with E-state index in [9.17, 15) is 0 Å².